The first kappa shape index (κ1) is 25.3. The molecule has 2 aromatic rings. The molecule has 0 atom stereocenters. The first-order chi connectivity index (χ1) is 17.5. The van der Waals surface area contributed by atoms with Gasteiger partial charge in [0.2, 0.25) is 11.5 Å². The summed E-state index contributed by atoms with van der Waals surface area (Å²) >= 11 is 0. The molecule has 1 amide bonds. The van der Waals surface area contributed by atoms with Crippen LogP contribution in [0.15, 0.2) is 36.1 Å². The van der Waals surface area contributed by atoms with E-state index >= 15 is 0 Å². The average Bonchev–Trinajstić information content (AvgIpc) is 3.21. The molecular formula is C26H30N2O8. The molecule has 0 bridgehead atoms. The lowest BCUT2D eigenvalue weighted by atomic mass is 10.1. The summed E-state index contributed by atoms with van der Waals surface area (Å²) in [6.45, 7) is 3.25. The Morgan fingerprint density at radius 1 is 1.03 bits per heavy atom. The molecule has 2 heterocycles. The fourth-order valence-electron chi connectivity index (χ4n) is 4.23. The van der Waals surface area contributed by atoms with Crippen LogP contribution in [0.1, 0.15) is 15.9 Å². The Morgan fingerprint density at radius 2 is 1.78 bits per heavy atom. The Hall–Kier alpha value is -3.76. The Bertz CT molecular complexity index is 1150. The van der Waals surface area contributed by atoms with Crippen LogP contribution in [0.5, 0.6) is 28.7 Å². The van der Waals surface area contributed by atoms with Gasteiger partial charge in [0.05, 0.1) is 33.5 Å². The lowest BCUT2D eigenvalue weighted by Gasteiger charge is -2.34. The molecule has 0 unspecified atom stereocenters. The van der Waals surface area contributed by atoms with E-state index in [1.165, 1.54) is 21.3 Å². The van der Waals surface area contributed by atoms with Gasteiger partial charge in [0.1, 0.15) is 11.5 Å². The van der Waals surface area contributed by atoms with E-state index in [1.54, 1.807) is 41.3 Å². The number of fused-ring (bicyclic) bond motifs is 1. The van der Waals surface area contributed by atoms with Crippen LogP contribution in [0.25, 0.3) is 6.08 Å². The molecule has 0 radical (unpaired) electrons. The van der Waals surface area contributed by atoms with E-state index in [9.17, 15) is 9.59 Å². The van der Waals surface area contributed by atoms with E-state index in [1.807, 2.05) is 0 Å². The van der Waals surface area contributed by atoms with Crippen LogP contribution in [-0.2, 0) is 4.79 Å². The summed E-state index contributed by atoms with van der Waals surface area (Å²) in [5, 5.41) is 9.05. The number of ether oxygens (including phenoxy) is 5. The molecule has 0 aliphatic carbocycles. The van der Waals surface area contributed by atoms with Crippen molar-refractivity contribution < 1.29 is 38.4 Å². The number of β-amino-alcohol motifs (C(OH)–C–C–N with tert-alkyl or cyclic N) is 1. The summed E-state index contributed by atoms with van der Waals surface area (Å²) < 4.78 is 27.7. The maximum atomic E-state index is 12.9. The third-order valence-corrected chi connectivity index (χ3v) is 6.17. The molecule has 2 aliphatic rings. The number of rotatable bonds is 9. The molecule has 2 aromatic carbocycles. The molecule has 10 nitrogen and oxygen atoms in total. The molecule has 0 aromatic heterocycles. The summed E-state index contributed by atoms with van der Waals surface area (Å²) in [4.78, 5) is 29.3. The van der Waals surface area contributed by atoms with Gasteiger partial charge >= 0.3 is 0 Å². The fraction of sp³-hybridized carbons (Fsp3) is 0.385. The number of aliphatic hydroxyl groups is 1. The second kappa shape index (κ2) is 11.3. The number of carbonyl (C=O) groups is 2. The number of benzene rings is 2. The van der Waals surface area contributed by atoms with Crippen LogP contribution in [0, 0.1) is 0 Å². The quantitative estimate of drug-likeness (QED) is 0.518. The maximum Gasteiger partial charge on any atom is 0.260 e. The number of hydrogen-bond acceptors (Lipinski definition) is 9. The monoisotopic (exact) mass is 498 g/mol. The predicted octanol–water partition coefficient (Wildman–Crippen LogP) is 1.84. The normalized spacial score (nSPS) is 16.5. The molecule has 1 fully saturated rings. The van der Waals surface area contributed by atoms with Crippen molar-refractivity contribution in [1.82, 2.24) is 9.80 Å². The molecule has 10 heteroatoms. The second-order valence-electron chi connectivity index (χ2n) is 8.26. The van der Waals surface area contributed by atoms with Crippen molar-refractivity contribution in [2.24, 2.45) is 0 Å². The molecule has 36 heavy (non-hydrogen) atoms. The van der Waals surface area contributed by atoms with Crippen LogP contribution < -0.4 is 23.7 Å². The Balaban J connectivity index is 1.43. The lowest BCUT2D eigenvalue weighted by Crippen LogP contribution is -2.50. The first-order valence-corrected chi connectivity index (χ1v) is 11.6. The number of allylic oxidation sites excluding steroid dienone is 1. The zero-order chi connectivity index (χ0) is 25.7. The van der Waals surface area contributed by atoms with E-state index in [2.05, 4.69) is 4.90 Å². The highest BCUT2D eigenvalue weighted by Crippen LogP contribution is 2.42. The zero-order valence-electron chi connectivity index (χ0n) is 20.6. The van der Waals surface area contributed by atoms with Gasteiger partial charge in [-0.2, -0.15) is 0 Å². The standard InChI is InChI=1S/C26H30N2O8/c1-32-20-7-4-17(25(33-2)26(20)34-3)14-22-24(31)19-6-5-18(15-21(19)36-22)35-16-23(30)28-10-8-27(9-11-28)12-13-29/h4-7,14-15,29H,8-13,16H2,1-3H3. The highest BCUT2D eigenvalue weighted by Gasteiger charge is 2.29. The van der Waals surface area contributed by atoms with Crippen LogP contribution >= 0.6 is 0 Å². The number of hydrogen-bond donors (Lipinski definition) is 1. The number of ketones is 1. The molecule has 192 valence electrons. The maximum absolute atomic E-state index is 12.9. The number of methoxy groups -OCH3 is 3. The van der Waals surface area contributed by atoms with Gasteiger partial charge in [0.25, 0.3) is 5.91 Å². The van der Waals surface area contributed by atoms with Gasteiger partial charge < -0.3 is 33.7 Å². The van der Waals surface area contributed by atoms with Gasteiger partial charge in [-0.25, -0.2) is 0 Å². The Morgan fingerprint density at radius 3 is 2.44 bits per heavy atom. The van der Waals surface area contributed by atoms with Crippen molar-refractivity contribution in [2.45, 2.75) is 0 Å². The smallest absolute Gasteiger partial charge is 0.260 e. The lowest BCUT2D eigenvalue weighted by molar-refractivity contribution is -0.135. The van der Waals surface area contributed by atoms with Crippen LogP contribution in [0.4, 0.5) is 0 Å². The minimum atomic E-state index is -0.273. The first-order valence-electron chi connectivity index (χ1n) is 11.6. The summed E-state index contributed by atoms with van der Waals surface area (Å²) in [7, 11) is 4.54. The molecule has 1 saturated heterocycles. The van der Waals surface area contributed by atoms with Gasteiger partial charge in [-0.1, -0.05) is 0 Å². The number of amides is 1. The van der Waals surface area contributed by atoms with Crippen molar-refractivity contribution >= 4 is 17.8 Å². The number of Topliss-reactive ketones (excluding diaryl/α,β-unsaturated/α-hetero) is 1. The van der Waals surface area contributed by atoms with E-state index in [4.69, 9.17) is 28.8 Å². The van der Waals surface area contributed by atoms with E-state index in [0.29, 0.717) is 59.5 Å². The van der Waals surface area contributed by atoms with Gasteiger partial charge in [-0.3, -0.25) is 14.5 Å². The van der Waals surface area contributed by atoms with Crippen molar-refractivity contribution in [1.29, 1.82) is 0 Å². The van der Waals surface area contributed by atoms with Crippen molar-refractivity contribution in [3.63, 3.8) is 0 Å². The van der Waals surface area contributed by atoms with Crippen molar-refractivity contribution in [3.05, 3.63) is 47.2 Å². The fourth-order valence-corrected chi connectivity index (χ4v) is 4.23. The van der Waals surface area contributed by atoms with Gasteiger partial charge in [-0.05, 0) is 30.3 Å². The minimum Gasteiger partial charge on any atom is -0.493 e. The average molecular weight is 499 g/mol. The second-order valence-corrected chi connectivity index (χ2v) is 8.26. The topological polar surface area (TPSA) is 107 Å². The SMILES string of the molecule is COc1ccc(C=C2Oc3cc(OCC(=O)N4CCN(CCO)CC4)ccc3C2=O)c(OC)c1OC. The number of aliphatic hydroxyl groups excluding tert-OH is 1. The van der Waals surface area contributed by atoms with E-state index in [0.717, 1.165) is 13.1 Å². The van der Waals surface area contributed by atoms with Gasteiger partial charge in [-0.15, -0.1) is 0 Å². The van der Waals surface area contributed by atoms with Crippen molar-refractivity contribution in [2.75, 3.05) is 67.3 Å². The van der Waals surface area contributed by atoms with Gasteiger partial charge in [0.15, 0.2) is 23.9 Å². The highest BCUT2D eigenvalue weighted by molar-refractivity contribution is 6.14. The summed E-state index contributed by atoms with van der Waals surface area (Å²) in [5.74, 6) is 1.85. The number of piperazine rings is 1. The van der Waals surface area contributed by atoms with Gasteiger partial charge in [0, 0.05) is 44.4 Å². The number of carbonyl (C=O) groups excluding carboxylic acids is 2. The molecule has 4 rings (SSSR count). The Labute approximate surface area is 209 Å². The van der Waals surface area contributed by atoms with E-state index in [-0.39, 0.29) is 30.7 Å². The zero-order valence-corrected chi connectivity index (χ0v) is 20.6. The summed E-state index contributed by atoms with van der Waals surface area (Å²) in [5.41, 5.74) is 0.992. The molecule has 0 saturated carbocycles. The number of nitrogens with zero attached hydrogens (tertiary/aromatic N) is 2. The molecule has 2 aliphatic heterocycles. The summed E-state index contributed by atoms with van der Waals surface area (Å²) in [6.07, 6.45) is 1.59. The minimum absolute atomic E-state index is 0.110. The third kappa shape index (κ3) is 5.24. The molecule has 1 N–H and O–H groups in total. The van der Waals surface area contributed by atoms with Crippen LogP contribution in [-0.4, -0.2) is 93.9 Å². The molecule has 0 spiro atoms. The van der Waals surface area contributed by atoms with E-state index < -0.39 is 0 Å². The molecular weight excluding hydrogens is 468 g/mol. The predicted molar refractivity (Wildman–Crippen MR) is 131 cm³/mol. The largest absolute Gasteiger partial charge is 0.493 e. The third-order valence-electron chi connectivity index (χ3n) is 6.17. The van der Waals surface area contributed by atoms with Crippen LogP contribution in [0.2, 0.25) is 0 Å². The highest BCUT2D eigenvalue weighted by atomic mass is 16.5. The van der Waals surface area contributed by atoms with Crippen molar-refractivity contribution in [3.8, 4) is 28.7 Å². The summed E-state index contributed by atoms with van der Waals surface area (Å²) in [6, 6.07) is 8.34. The Kier molecular flexibility index (Phi) is 7.97. The van der Waals surface area contributed by atoms with Crippen LogP contribution in [0.3, 0.4) is 0 Å².